The molecular formula is C37H42IN. The van der Waals surface area contributed by atoms with E-state index in [1.165, 1.54) is 68.2 Å². The van der Waals surface area contributed by atoms with Crippen LogP contribution in [0.25, 0.3) is 5.57 Å². The number of rotatable bonds is 7. The highest BCUT2D eigenvalue weighted by molar-refractivity contribution is 14.1. The maximum Gasteiger partial charge on any atom is 0.0798 e. The molecule has 5 rings (SSSR count). The lowest BCUT2D eigenvalue weighted by atomic mass is 9.62. The van der Waals surface area contributed by atoms with Crippen LogP contribution in [0.15, 0.2) is 83.4 Å². The van der Waals surface area contributed by atoms with Crippen LogP contribution in [0.4, 0.5) is 5.69 Å². The highest BCUT2D eigenvalue weighted by Crippen LogP contribution is 2.50. The molecule has 0 aromatic heterocycles. The molecule has 0 unspecified atom stereocenters. The lowest BCUT2D eigenvalue weighted by molar-refractivity contribution is 0.261. The molecule has 0 fully saturated rings. The van der Waals surface area contributed by atoms with E-state index in [9.17, 15) is 0 Å². The molecule has 0 saturated heterocycles. The average molecular weight is 628 g/mol. The van der Waals surface area contributed by atoms with Gasteiger partial charge in [0.1, 0.15) is 0 Å². The predicted octanol–water partition coefficient (Wildman–Crippen LogP) is 10.8. The van der Waals surface area contributed by atoms with Crippen molar-refractivity contribution in [2.24, 2.45) is 16.3 Å². The monoisotopic (exact) mass is 627 g/mol. The van der Waals surface area contributed by atoms with E-state index < -0.39 is 0 Å². The number of fused-ring (bicyclic) bond motifs is 1. The van der Waals surface area contributed by atoms with Gasteiger partial charge in [0.15, 0.2) is 0 Å². The van der Waals surface area contributed by atoms with Crippen molar-refractivity contribution in [2.75, 3.05) is 0 Å². The van der Waals surface area contributed by atoms with Gasteiger partial charge in [-0.3, -0.25) is 4.99 Å². The molecule has 3 aromatic rings. The third-order valence-electron chi connectivity index (χ3n) is 9.10. The third kappa shape index (κ3) is 6.16. The van der Waals surface area contributed by atoms with Crippen LogP contribution in [0.1, 0.15) is 86.3 Å². The molecule has 0 radical (unpaired) electrons. The molecule has 0 heterocycles. The molecule has 0 spiro atoms. The van der Waals surface area contributed by atoms with Gasteiger partial charge in [-0.1, -0.05) is 92.6 Å². The minimum atomic E-state index is 0.279. The molecule has 3 aromatic carbocycles. The maximum atomic E-state index is 5.16. The van der Waals surface area contributed by atoms with Crippen LogP contribution < -0.4 is 0 Å². The quantitative estimate of drug-likeness (QED) is 0.140. The lowest BCUT2D eigenvalue weighted by Crippen LogP contribution is -2.30. The molecular weight excluding hydrogens is 585 g/mol. The fraction of sp³-hybridized carbons (Fsp3) is 0.378. The highest BCUT2D eigenvalue weighted by Gasteiger charge is 2.37. The van der Waals surface area contributed by atoms with E-state index in [0.29, 0.717) is 5.92 Å². The third-order valence-corrected chi connectivity index (χ3v) is 9.97. The van der Waals surface area contributed by atoms with Crippen molar-refractivity contribution in [3.05, 3.63) is 115 Å². The number of allylic oxidation sites excluding steroid dienone is 4. The number of hydrogen-bond donors (Lipinski definition) is 0. The van der Waals surface area contributed by atoms with Gasteiger partial charge in [-0.05, 0) is 138 Å². The summed E-state index contributed by atoms with van der Waals surface area (Å²) in [6, 6.07) is 22.6. The molecule has 2 aliphatic carbocycles. The van der Waals surface area contributed by atoms with E-state index in [0.717, 1.165) is 30.7 Å². The van der Waals surface area contributed by atoms with Gasteiger partial charge in [0, 0.05) is 9.28 Å². The Labute approximate surface area is 249 Å². The van der Waals surface area contributed by atoms with Crippen LogP contribution in [0.2, 0.25) is 0 Å². The lowest BCUT2D eigenvalue weighted by Gasteiger charge is -2.42. The summed E-state index contributed by atoms with van der Waals surface area (Å²) in [6.07, 6.45) is 13.3. The van der Waals surface area contributed by atoms with E-state index in [-0.39, 0.29) is 5.41 Å². The Balaban J connectivity index is 1.32. The Hall–Kier alpha value is -2.46. The van der Waals surface area contributed by atoms with Gasteiger partial charge in [-0.2, -0.15) is 0 Å². The van der Waals surface area contributed by atoms with Crippen LogP contribution in [0.3, 0.4) is 0 Å². The summed E-state index contributed by atoms with van der Waals surface area (Å²) in [7, 11) is 0. The smallest absolute Gasteiger partial charge is 0.0798 e. The number of halogens is 1. The zero-order valence-corrected chi connectivity index (χ0v) is 26.4. The summed E-state index contributed by atoms with van der Waals surface area (Å²) in [4.78, 5) is 5.16. The maximum absolute atomic E-state index is 5.16. The molecule has 39 heavy (non-hydrogen) atoms. The van der Waals surface area contributed by atoms with Gasteiger partial charge < -0.3 is 0 Å². The van der Waals surface area contributed by atoms with Crippen molar-refractivity contribution in [2.45, 2.75) is 79.6 Å². The Bertz CT molecular complexity index is 1440. The van der Waals surface area contributed by atoms with Crippen molar-refractivity contribution in [3.63, 3.8) is 0 Å². The van der Waals surface area contributed by atoms with Gasteiger partial charge in [-0.15, -0.1) is 0 Å². The second-order valence-corrected chi connectivity index (χ2v) is 13.2. The normalized spacial score (nSPS) is 21.3. The number of hydrogen-bond acceptors (Lipinski definition) is 1. The summed E-state index contributed by atoms with van der Waals surface area (Å²) >= 11 is 2.42. The van der Waals surface area contributed by atoms with Crippen molar-refractivity contribution in [1.29, 1.82) is 0 Å². The second kappa shape index (κ2) is 12.0. The summed E-state index contributed by atoms with van der Waals surface area (Å²) in [5.74, 6) is 0.664. The van der Waals surface area contributed by atoms with Crippen LogP contribution in [-0.2, 0) is 12.8 Å². The Kier molecular flexibility index (Phi) is 8.61. The largest absolute Gasteiger partial charge is 0.252 e. The van der Waals surface area contributed by atoms with Crippen LogP contribution >= 0.6 is 22.6 Å². The van der Waals surface area contributed by atoms with Crippen LogP contribution in [-0.4, -0.2) is 5.71 Å². The standard InChI is InChI=1S/C37H42IN/c1-6-9-28-13-16-30(17-14-28)31-20-21-37(5)24-29(15-18-33(37)23-31)22-32-10-7-8-11-34(32)27(4)39-36-26(3)25(2)12-19-35(36)38/h7-8,10-14,16-20,29H,6,9,15,21-24H2,1-5H3/t29-,37+/m0/s1. The Morgan fingerprint density at radius 1 is 1.00 bits per heavy atom. The summed E-state index contributed by atoms with van der Waals surface area (Å²) in [5, 5.41) is 0. The van der Waals surface area contributed by atoms with Gasteiger partial charge in [-0.25, -0.2) is 0 Å². The summed E-state index contributed by atoms with van der Waals surface area (Å²) in [5.41, 5.74) is 13.8. The first-order valence-electron chi connectivity index (χ1n) is 14.6. The molecule has 1 nitrogen and oxygen atoms in total. The van der Waals surface area contributed by atoms with Crippen LogP contribution in [0, 0.1) is 28.8 Å². The molecule has 2 heteroatoms. The molecule has 0 bridgehead atoms. The minimum Gasteiger partial charge on any atom is -0.252 e. The zero-order valence-electron chi connectivity index (χ0n) is 24.3. The predicted molar refractivity (Wildman–Crippen MR) is 177 cm³/mol. The first kappa shape index (κ1) is 28.1. The molecule has 2 aliphatic rings. The highest BCUT2D eigenvalue weighted by atomic mass is 127. The summed E-state index contributed by atoms with van der Waals surface area (Å²) < 4.78 is 1.21. The fourth-order valence-corrected chi connectivity index (χ4v) is 7.28. The number of nitrogens with zero attached hydrogens (tertiary/aromatic N) is 1. The van der Waals surface area contributed by atoms with E-state index in [2.05, 4.69) is 130 Å². The SMILES string of the molecule is CCCc1ccc(C2=CC[C@]3(C)C[C@H](Cc4ccccc4C(C)=Nc4c(I)ccc(C)c4C)CC=C3C2)cc1. The average Bonchev–Trinajstić information content (AvgIpc) is 2.93. The first-order chi connectivity index (χ1) is 18.8. The first-order valence-corrected chi connectivity index (χ1v) is 15.7. The van der Waals surface area contributed by atoms with Gasteiger partial charge in [0.2, 0.25) is 0 Å². The second-order valence-electron chi connectivity index (χ2n) is 12.0. The molecule has 0 N–H and O–H groups in total. The van der Waals surface area contributed by atoms with Crippen molar-refractivity contribution in [3.8, 4) is 0 Å². The molecule has 202 valence electrons. The molecule has 0 aliphatic heterocycles. The Morgan fingerprint density at radius 2 is 1.77 bits per heavy atom. The molecule has 0 amide bonds. The van der Waals surface area contributed by atoms with E-state index in [1.54, 1.807) is 5.57 Å². The molecule has 0 saturated carbocycles. The molecule has 2 atom stereocenters. The van der Waals surface area contributed by atoms with Gasteiger partial charge >= 0.3 is 0 Å². The minimum absolute atomic E-state index is 0.279. The fourth-order valence-electron chi connectivity index (χ4n) is 6.58. The van der Waals surface area contributed by atoms with Crippen molar-refractivity contribution >= 4 is 39.6 Å². The topological polar surface area (TPSA) is 12.4 Å². The zero-order chi connectivity index (χ0) is 27.6. The number of aliphatic imine (C=N–C) groups is 1. The van der Waals surface area contributed by atoms with Gasteiger partial charge in [0.25, 0.3) is 0 Å². The summed E-state index contributed by atoms with van der Waals surface area (Å²) in [6.45, 7) is 11.3. The Morgan fingerprint density at radius 3 is 2.54 bits per heavy atom. The number of benzene rings is 3. The number of aryl methyl sites for hydroxylation is 2. The van der Waals surface area contributed by atoms with Gasteiger partial charge in [0.05, 0.1) is 5.69 Å². The van der Waals surface area contributed by atoms with E-state index in [1.807, 2.05) is 0 Å². The van der Waals surface area contributed by atoms with Crippen molar-refractivity contribution in [1.82, 2.24) is 0 Å². The van der Waals surface area contributed by atoms with E-state index in [4.69, 9.17) is 4.99 Å². The van der Waals surface area contributed by atoms with Crippen LogP contribution in [0.5, 0.6) is 0 Å². The van der Waals surface area contributed by atoms with Crippen molar-refractivity contribution < 1.29 is 0 Å². The van der Waals surface area contributed by atoms with E-state index >= 15 is 0 Å².